The van der Waals surface area contributed by atoms with E-state index >= 15 is 0 Å². The van der Waals surface area contributed by atoms with E-state index in [2.05, 4.69) is 21.0 Å². The number of nitrogens with zero attached hydrogens (tertiary/aromatic N) is 3. The van der Waals surface area contributed by atoms with Crippen LogP contribution in [0.25, 0.3) is 0 Å². The number of carbonyl (C=O) groups excluding carboxylic acids is 1. The molecule has 102 valence electrons. The molecule has 2 heterocycles. The Balaban J connectivity index is 0.00000162. The van der Waals surface area contributed by atoms with Crippen LogP contribution in [0, 0.1) is 0 Å². The van der Waals surface area contributed by atoms with E-state index in [1.54, 1.807) is 6.20 Å². The Morgan fingerprint density at radius 1 is 1.56 bits per heavy atom. The Hall–Kier alpha value is -0.720. The van der Waals surface area contributed by atoms with Crippen molar-refractivity contribution in [2.45, 2.75) is 32.2 Å². The van der Waals surface area contributed by atoms with Gasteiger partial charge in [-0.05, 0) is 32.4 Å². The second kappa shape index (κ2) is 7.66. The molecule has 1 fully saturated rings. The van der Waals surface area contributed by atoms with E-state index in [0.29, 0.717) is 11.7 Å². The molecular weight excluding hydrogens is 272 g/mol. The number of hydrogen-bond donors (Lipinski definition) is 1. The van der Waals surface area contributed by atoms with E-state index in [-0.39, 0.29) is 18.3 Å². The van der Waals surface area contributed by atoms with Crippen molar-refractivity contribution in [2.24, 2.45) is 0 Å². The van der Waals surface area contributed by atoms with Gasteiger partial charge in [0.2, 0.25) is 0 Å². The lowest BCUT2D eigenvalue weighted by Crippen LogP contribution is -2.46. The molecule has 0 bridgehead atoms. The molecule has 0 atom stereocenters. The summed E-state index contributed by atoms with van der Waals surface area (Å²) in [5, 5.41) is 3.32. The third kappa shape index (κ3) is 3.63. The summed E-state index contributed by atoms with van der Waals surface area (Å²) in [5.74, 6) is 0.0347. The average Bonchev–Trinajstić information content (AvgIpc) is 2.90. The quantitative estimate of drug-likeness (QED) is 0.914. The van der Waals surface area contributed by atoms with Crippen LogP contribution < -0.4 is 5.32 Å². The minimum Gasteiger partial charge on any atom is -0.334 e. The van der Waals surface area contributed by atoms with Crippen molar-refractivity contribution < 1.29 is 4.79 Å². The fraction of sp³-hybridized carbons (Fsp3) is 0.727. The molecule has 18 heavy (non-hydrogen) atoms. The molecule has 1 amide bonds. The van der Waals surface area contributed by atoms with Gasteiger partial charge in [-0.25, -0.2) is 0 Å². The highest BCUT2D eigenvalue weighted by molar-refractivity contribution is 6.99. The molecule has 0 spiro atoms. The molecule has 0 radical (unpaired) electrons. The molecular formula is C11H19ClN4OS. The van der Waals surface area contributed by atoms with Gasteiger partial charge in [-0.1, -0.05) is 6.92 Å². The smallest absolute Gasteiger partial charge is 0.275 e. The van der Waals surface area contributed by atoms with Crippen LogP contribution in [0.4, 0.5) is 0 Å². The zero-order valence-corrected chi connectivity index (χ0v) is 12.1. The molecule has 0 aliphatic carbocycles. The number of aromatic nitrogens is 2. The summed E-state index contributed by atoms with van der Waals surface area (Å²) in [6.45, 7) is 4.89. The van der Waals surface area contributed by atoms with Crippen LogP contribution in [0.3, 0.4) is 0 Å². The number of nitrogens with one attached hydrogen (secondary N) is 1. The number of amides is 1. The van der Waals surface area contributed by atoms with Gasteiger partial charge in [0.1, 0.15) is 0 Å². The maximum Gasteiger partial charge on any atom is 0.275 e. The summed E-state index contributed by atoms with van der Waals surface area (Å²) < 4.78 is 7.94. The summed E-state index contributed by atoms with van der Waals surface area (Å²) in [5.41, 5.74) is 0.488. The van der Waals surface area contributed by atoms with E-state index in [9.17, 15) is 4.79 Å². The van der Waals surface area contributed by atoms with Crippen LogP contribution in [-0.2, 0) is 0 Å². The maximum atomic E-state index is 12.3. The van der Waals surface area contributed by atoms with Crippen molar-refractivity contribution in [3.63, 3.8) is 0 Å². The highest BCUT2D eigenvalue weighted by Crippen LogP contribution is 2.15. The van der Waals surface area contributed by atoms with E-state index in [0.717, 1.165) is 50.6 Å². The van der Waals surface area contributed by atoms with Gasteiger partial charge in [-0.15, -0.1) is 12.4 Å². The van der Waals surface area contributed by atoms with Gasteiger partial charge in [0.05, 0.1) is 17.9 Å². The van der Waals surface area contributed by atoms with Crippen molar-refractivity contribution in [1.82, 2.24) is 19.0 Å². The first-order valence-corrected chi connectivity index (χ1v) is 6.85. The van der Waals surface area contributed by atoms with Crippen molar-refractivity contribution in [2.75, 3.05) is 19.6 Å². The molecule has 1 N–H and O–H groups in total. The van der Waals surface area contributed by atoms with Crippen LogP contribution in [-0.4, -0.2) is 45.2 Å². The van der Waals surface area contributed by atoms with Gasteiger partial charge in [-0.2, -0.15) is 8.75 Å². The molecule has 2 rings (SSSR count). The zero-order valence-electron chi connectivity index (χ0n) is 10.5. The van der Waals surface area contributed by atoms with Crippen molar-refractivity contribution >= 4 is 30.0 Å². The first-order chi connectivity index (χ1) is 8.33. The number of rotatable bonds is 4. The number of halogens is 1. The van der Waals surface area contributed by atoms with Crippen LogP contribution >= 0.6 is 24.1 Å². The van der Waals surface area contributed by atoms with Crippen LogP contribution in [0.15, 0.2) is 6.20 Å². The normalized spacial score (nSPS) is 16.1. The third-order valence-corrected chi connectivity index (χ3v) is 3.53. The molecule has 0 saturated carbocycles. The molecule has 1 aliphatic rings. The SMILES string of the molecule is CCCN(C(=O)c1cnsn1)C1CCNCC1.Cl. The summed E-state index contributed by atoms with van der Waals surface area (Å²) >= 11 is 1.09. The summed E-state index contributed by atoms with van der Waals surface area (Å²) in [6, 6.07) is 0.352. The lowest BCUT2D eigenvalue weighted by Gasteiger charge is -2.34. The number of hydrogen-bond acceptors (Lipinski definition) is 5. The van der Waals surface area contributed by atoms with Gasteiger partial charge in [-0.3, -0.25) is 4.79 Å². The Kier molecular flexibility index (Phi) is 6.52. The Morgan fingerprint density at radius 3 is 2.83 bits per heavy atom. The van der Waals surface area contributed by atoms with Crippen molar-refractivity contribution in [3.8, 4) is 0 Å². The fourth-order valence-electron chi connectivity index (χ4n) is 2.22. The van der Waals surface area contributed by atoms with Gasteiger partial charge >= 0.3 is 0 Å². The molecule has 0 aromatic carbocycles. The number of piperidine rings is 1. The van der Waals surface area contributed by atoms with Crippen LogP contribution in [0.1, 0.15) is 36.7 Å². The predicted octanol–water partition coefficient (Wildman–Crippen LogP) is 1.56. The first kappa shape index (κ1) is 15.3. The molecule has 5 nitrogen and oxygen atoms in total. The standard InChI is InChI=1S/C11H18N4OS.ClH/c1-2-7-15(9-3-5-12-6-4-9)11(16)10-8-13-17-14-10;/h8-9,12H,2-7H2,1H3;1H. The molecule has 1 aromatic rings. The van der Waals surface area contributed by atoms with Crippen LogP contribution in [0.5, 0.6) is 0 Å². The van der Waals surface area contributed by atoms with E-state index in [1.165, 1.54) is 0 Å². The lowest BCUT2D eigenvalue weighted by atomic mass is 10.0. The predicted molar refractivity (Wildman–Crippen MR) is 74.4 cm³/mol. The fourth-order valence-corrected chi connectivity index (χ4v) is 2.62. The lowest BCUT2D eigenvalue weighted by molar-refractivity contribution is 0.0637. The zero-order chi connectivity index (χ0) is 12.1. The van der Waals surface area contributed by atoms with E-state index in [1.807, 2.05) is 4.90 Å². The summed E-state index contributed by atoms with van der Waals surface area (Å²) in [7, 11) is 0. The Morgan fingerprint density at radius 2 is 2.28 bits per heavy atom. The minimum atomic E-state index is 0. The second-order valence-electron chi connectivity index (χ2n) is 4.27. The van der Waals surface area contributed by atoms with Crippen molar-refractivity contribution in [1.29, 1.82) is 0 Å². The molecule has 0 unspecified atom stereocenters. The number of carbonyl (C=O) groups is 1. The van der Waals surface area contributed by atoms with Gasteiger partial charge < -0.3 is 10.2 Å². The van der Waals surface area contributed by atoms with Gasteiger partial charge in [0, 0.05) is 12.6 Å². The third-order valence-electron chi connectivity index (χ3n) is 3.06. The topological polar surface area (TPSA) is 58.1 Å². The first-order valence-electron chi connectivity index (χ1n) is 6.12. The minimum absolute atomic E-state index is 0. The second-order valence-corrected chi connectivity index (χ2v) is 4.83. The molecule has 7 heteroatoms. The Bertz CT molecular complexity index is 354. The van der Waals surface area contributed by atoms with E-state index < -0.39 is 0 Å². The van der Waals surface area contributed by atoms with Gasteiger partial charge in [0.15, 0.2) is 5.69 Å². The van der Waals surface area contributed by atoms with Crippen LogP contribution in [0.2, 0.25) is 0 Å². The average molecular weight is 291 g/mol. The maximum absolute atomic E-state index is 12.3. The molecule has 1 aromatic heterocycles. The highest BCUT2D eigenvalue weighted by atomic mass is 35.5. The molecule has 1 aliphatic heterocycles. The largest absolute Gasteiger partial charge is 0.334 e. The van der Waals surface area contributed by atoms with E-state index in [4.69, 9.17) is 0 Å². The highest BCUT2D eigenvalue weighted by Gasteiger charge is 2.26. The monoisotopic (exact) mass is 290 g/mol. The van der Waals surface area contributed by atoms with Crippen molar-refractivity contribution in [3.05, 3.63) is 11.9 Å². The van der Waals surface area contributed by atoms with Gasteiger partial charge in [0.25, 0.3) is 5.91 Å². The summed E-state index contributed by atoms with van der Waals surface area (Å²) in [4.78, 5) is 14.3. The summed E-state index contributed by atoms with van der Waals surface area (Å²) in [6.07, 6.45) is 4.61. The molecule has 1 saturated heterocycles. The Labute approximate surface area is 118 Å².